The maximum atomic E-state index is 6.46. The first-order chi connectivity index (χ1) is 6.78. The number of nitrogens with two attached hydrogens (primary N) is 1. The summed E-state index contributed by atoms with van der Waals surface area (Å²) in [6, 6.07) is 0. The van der Waals surface area contributed by atoms with Gasteiger partial charge in [0.1, 0.15) is 0 Å². The van der Waals surface area contributed by atoms with Crippen LogP contribution in [0.2, 0.25) is 0 Å². The Hall–Kier alpha value is -0.0400. The van der Waals surface area contributed by atoms with Gasteiger partial charge < -0.3 is 5.73 Å². The zero-order chi connectivity index (χ0) is 9.60. The van der Waals surface area contributed by atoms with Gasteiger partial charge in [-0.25, -0.2) is 0 Å². The highest BCUT2D eigenvalue weighted by atomic mass is 14.9. The molecule has 0 aliphatic heterocycles. The molecule has 3 fully saturated rings. The molecule has 2 N–H and O–H groups in total. The Morgan fingerprint density at radius 3 is 2.36 bits per heavy atom. The Kier molecular flexibility index (Phi) is 2.12. The van der Waals surface area contributed by atoms with Gasteiger partial charge in [0.2, 0.25) is 0 Å². The fraction of sp³-hybridized carbons (Fsp3) is 1.00. The molecule has 0 bridgehead atoms. The molecule has 3 saturated carbocycles. The molecule has 1 nitrogen and oxygen atoms in total. The molecule has 80 valence electrons. The van der Waals surface area contributed by atoms with Gasteiger partial charge in [-0.15, -0.1) is 0 Å². The zero-order valence-electron chi connectivity index (χ0n) is 9.17. The van der Waals surface area contributed by atoms with Gasteiger partial charge in [0, 0.05) is 5.54 Å². The average Bonchev–Trinajstić information content (AvgIpc) is 3.08. The van der Waals surface area contributed by atoms with Crippen molar-refractivity contribution >= 4 is 0 Å². The Labute approximate surface area is 87.4 Å². The molecule has 3 aliphatic rings. The van der Waals surface area contributed by atoms with E-state index in [-0.39, 0.29) is 0 Å². The minimum atomic E-state index is 0.309. The molecule has 0 saturated heterocycles. The summed E-state index contributed by atoms with van der Waals surface area (Å²) in [6.45, 7) is 0. The highest BCUT2D eigenvalue weighted by molar-refractivity contribution is 5.12. The van der Waals surface area contributed by atoms with Crippen LogP contribution in [0.1, 0.15) is 57.8 Å². The van der Waals surface area contributed by atoms with Crippen LogP contribution in [0.4, 0.5) is 0 Å². The third kappa shape index (κ3) is 1.71. The van der Waals surface area contributed by atoms with Crippen molar-refractivity contribution < 1.29 is 0 Å². The lowest BCUT2D eigenvalue weighted by atomic mass is 9.83. The van der Waals surface area contributed by atoms with E-state index in [1.54, 1.807) is 0 Å². The Bertz CT molecular complexity index is 215. The van der Waals surface area contributed by atoms with Crippen LogP contribution >= 0.6 is 0 Å². The minimum Gasteiger partial charge on any atom is -0.325 e. The van der Waals surface area contributed by atoms with Gasteiger partial charge in [0.25, 0.3) is 0 Å². The van der Waals surface area contributed by atoms with Gasteiger partial charge in [-0.1, -0.05) is 44.9 Å². The Morgan fingerprint density at radius 2 is 1.71 bits per heavy atom. The lowest BCUT2D eigenvalue weighted by molar-refractivity contribution is 0.295. The van der Waals surface area contributed by atoms with Crippen LogP contribution in [0, 0.1) is 17.8 Å². The lowest BCUT2D eigenvalue weighted by Gasteiger charge is -2.24. The molecule has 0 radical (unpaired) electrons. The minimum absolute atomic E-state index is 0.309. The fourth-order valence-electron chi connectivity index (χ4n) is 3.62. The van der Waals surface area contributed by atoms with Crippen molar-refractivity contribution in [3.05, 3.63) is 0 Å². The van der Waals surface area contributed by atoms with Crippen molar-refractivity contribution in [3.8, 4) is 0 Å². The van der Waals surface area contributed by atoms with Gasteiger partial charge >= 0.3 is 0 Å². The SMILES string of the molecule is NC1(CC2CC2)CC1C1CCCCC1. The van der Waals surface area contributed by atoms with Crippen molar-refractivity contribution in [2.75, 3.05) is 0 Å². The van der Waals surface area contributed by atoms with Gasteiger partial charge in [0.15, 0.2) is 0 Å². The Morgan fingerprint density at radius 1 is 1.00 bits per heavy atom. The van der Waals surface area contributed by atoms with Crippen LogP contribution in [0.5, 0.6) is 0 Å². The largest absolute Gasteiger partial charge is 0.325 e. The molecular formula is C13H23N. The smallest absolute Gasteiger partial charge is 0.0192 e. The summed E-state index contributed by atoms with van der Waals surface area (Å²) in [5.41, 5.74) is 6.77. The highest BCUT2D eigenvalue weighted by Crippen LogP contribution is 2.56. The van der Waals surface area contributed by atoms with Crippen molar-refractivity contribution in [2.24, 2.45) is 23.5 Å². The van der Waals surface area contributed by atoms with Crippen molar-refractivity contribution in [3.63, 3.8) is 0 Å². The molecule has 14 heavy (non-hydrogen) atoms. The summed E-state index contributed by atoms with van der Waals surface area (Å²) < 4.78 is 0. The molecule has 2 unspecified atom stereocenters. The van der Waals surface area contributed by atoms with Crippen LogP contribution in [0.3, 0.4) is 0 Å². The lowest BCUT2D eigenvalue weighted by Crippen LogP contribution is -2.28. The number of hydrogen-bond acceptors (Lipinski definition) is 1. The first-order valence-corrected chi connectivity index (χ1v) is 6.57. The fourth-order valence-corrected chi connectivity index (χ4v) is 3.62. The quantitative estimate of drug-likeness (QED) is 0.732. The first-order valence-electron chi connectivity index (χ1n) is 6.57. The molecule has 0 aromatic rings. The van der Waals surface area contributed by atoms with E-state index >= 15 is 0 Å². The van der Waals surface area contributed by atoms with Gasteiger partial charge in [0.05, 0.1) is 0 Å². The summed E-state index contributed by atoms with van der Waals surface area (Å²) >= 11 is 0. The second-order valence-corrected chi connectivity index (χ2v) is 6.09. The van der Waals surface area contributed by atoms with Crippen LogP contribution in [-0.4, -0.2) is 5.54 Å². The second kappa shape index (κ2) is 3.23. The second-order valence-electron chi connectivity index (χ2n) is 6.09. The van der Waals surface area contributed by atoms with E-state index in [4.69, 9.17) is 5.73 Å². The molecule has 1 heteroatoms. The Balaban J connectivity index is 1.54. The normalized spacial score (nSPS) is 43.9. The predicted molar refractivity (Wildman–Crippen MR) is 58.9 cm³/mol. The topological polar surface area (TPSA) is 26.0 Å². The molecule has 0 heterocycles. The third-order valence-corrected chi connectivity index (χ3v) is 4.76. The molecule has 0 aromatic heterocycles. The van der Waals surface area contributed by atoms with E-state index < -0.39 is 0 Å². The summed E-state index contributed by atoms with van der Waals surface area (Å²) in [5.74, 6) is 2.95. The van der Waals surface area contributed by atoms with Gasteiger partial charge in [-0.2, -0.15) is 0 Å². The van der Waals surface area contributed by atoms with E-state index in [0.29, 0.717) is 5.54 Å². The summed E-state index contributed by atoms with van der Waals surface area (Å²) in [5, 5.41) is 0. The van der Waals surface area contributed by atoms with Crippen LogP contribution in [0.25, 0.3) is 0 Å². The average molecular weight is 193 g/mol. The summed E-state index contributed by atoms with van der Waals surface area (Å²) in [6.07, 6.45) is 13.0. The van der Waals surface area contributed by atoms with Crippen molar-refractivity contribution in [2.45, 2.75) is 63.3 Å². The van der Waals surface area contributed by atoms with Crippen LogP contribution < -0.4 is 5.73 Å². The molecule has 3 rings (SSSR count). The summed E-state index contributed by atoms with van der Waals surface area (Å²) in [7, 11) is 0. The van der Waals surface area contributed by atoms with E-state index in [1.807, 2.05) is 0 Å². The predicted octanol–water partition coefficient (Wildman–Crippen LogP) is 3.08. The highest BCUT2D eigenvalue weighted by Gasteiger charge is 2.55. The standard InChI is InChI=1S/C13H23N/c14-13(8-10-6-7-10)9-12(13)11-4-2-1-3-5-11/h10-12H,1-9,14H2. The monoisotopic (exact) mass is 193 g/mol. The molecular weight excluding hydrogens is 170 g/mol. The molecule has 3 aliphatic carbocycles. The van der Waals surface area contributed by atoms with E-state index in [9.17, 15) is 0 Å². The molecule has 2 atom stereocenters. The van der Waals surface area contributed by atoms with Crippen LogP contribution in [0.15, 0.2) is 0 Å². The van der Waals surface area contributed by atoms with Crippen molar-refractivity contribution in [1.82, 2.24) is 0 Å². The molecule has 0 amide bonds. The van der Waals surface area contributed by atoms with E-state index in [2.05, 4.69) is 0 Å². The summed E-state index contributed by atoms with van der Waals surface area (Å²) in [4.78, 5) is 0. The first kappa shape index (κ1) is 9.21. The van der Waals surface area contributed by atoms with E-state index in [0.717, 1.165) is 17.8 Å². The zero-order valence-corrected chi connectivity index (χ0v) is 9.17. The maximum absolute atomic E-state index is 6.46. The van der Waals surface area contributed by atoms with Gasteiger partial charge in [-0.3, -0.25) is 0 Å². The number of rotatable bonds is 3. The van der Waals surface area contributed by atoms with Gasteiger partial charge in [-0.05, 0) is 30.6 Å². The van der Waals surface area contributed by atoms with Crippen LogP contribution in [-0.2, 0) is 0 Å². The molecule has 0 spiro atoms. The van der Waals surface area contributed by atoms with E-state index in [1.165, 1.54) is 57.8 Å². The van der Waals surface area contributed by atoms with Crippen molar-refractivity contribution in [1.29, 1.82) is 0 Å². The number of hydrogen-bond donors (Lipinski definition) is 1. The third-order valence-electron chi connectivity index (χ3n) is 4.76. The molecule has 0 aromatic carbocycles. The maximum Gasteiger partial charge on any atom is 0.0192 e.